The van der Waals surface area contributed by atoms with Crippen molar-refractivity contribution in [2.24, 2.45) is 22.2 Å². The monoisotopic (exact) mass is 387 g/mol. The summed E-state index contributed by atoms with van der Waals surface area (Å²) in [5.41, 5.74) is 15.9. The van der Waals surface area contributed by atoms with Crippen LogP contribution in [0, 0.1) is 0 Å². The minimum atomic E-state index is -0.569. The summed E-state index contributed by atoms with van der Waals surface area (Å²) in [5, 5.41) is 8.45. The molecule has 0 radical (unpaired) electrons. The molecule has 0 bridgehead atoms. The largest absolute Gasteiger partial charge is 0.450 e. The lowest BCUT2D eigenvalue weighted by Gasteiger charge is -2.08. The van der Waals surface area contributed by atoms with E-state index in [0.29, 0.717) is 26.2 Å². The van der Waals surface area contributed by atoms with Gasteiger partial charge in [-0.1, -0.05) is 12.8 Å². The zero-order valence-corrected chi connectivity index (χ0v) is 16.3. The molecule has 0 spiro atoms. The molecule has 2 amide bonds. The number of carbonyl (C=O) groups excluding carboxylic acids is 2. The second kappa shape index (κ2) is 18.7. The highest BCUT2D eigenvalue weighted by molar-refractivity contribution is 5.82. The van der Waals surface area contributed by atoms with Crippen molar-refractivity contribution in [2.75, 3.05) is 45.9 Å². The van der Waals surface area contributed by atoms with E-state index < -0.39 is 6.09 Å². The molecule has 0 aromatic rings. The summed E-state index contributed by atoms with van der Waals surface area (Å²) in [6.07, 6.45) is 5.86. The lowest BCUT2D eigenvalue weighted by Crippen LogP contribution is -2.37. The number of aliphatic imine (C=N–C) groups is 1. The summed E-state index contributed by atoms with van der Waals surface area (Å²) in [4.78, 5) is 27.0. The van der Waals surface area contributed by atoms with Gasteiger partial charge < -0.3 is 37.9 Å². The van der Waals surface area contributed by atoms with Crippen LogP contribution >= 0.6 is 0 Å². The Morgan fingerprint density at radius 2 is 1.56 bits per heavy atom. The van der Waals surface area contributed by atoms with Gasteiger partial charge in [0.25, 0.3) is 0 Å². The van der Waals surface area contributed by atoms with E-state index >= 15 is 0 Å². The van der Waals surface area contributed by atoms with Gasteiger partial charge in [-0.15, -0.1) is 0 Å². The first-order valence-electron chi connectivity index (χ1n) is 9.69. The number of hydrogen-bond donors (Lipinski definition) is 6. The Kier molecular flexibility index (Phi) is 17.3. The van der Waals surface area contributed by atoms with Crippen molar-refractivity contribution in [3.8, 4) is 0 Å². The van der Waals surface area contributed by atoms with Gasteiger partial charge in [0.2, 0.25) is 5.91 Å². The zero-order chi connectivity index (χ0) is 20.2. The number of nitrogens with zero attached hydrogens (tertiary/aromatic N) is 1. The number of unbranched alkanes of at least 4 members (excludes halogenated alkanes) is 4. The van der Waals surface area contributed by atoms with Gasteiger partial charge in [-0.05, 0) is 51.7 Å². The third-order valence-corrected chi connectivity index (χ3v) is 3.63. The van der Waals surface area contributed by atoms with Crippen LogP contribution in [0.5, 0.6) is 0 Å². The molecule has 0 aliphatic rings. The minimum absolute atomic E-state index is 0.0794. The molecule has 0 rings (SSSR count). The van der Waals surface area contributed by atoms with E-state index in [-0.39, 0.29) is 18.4 Å². The van der Waals surface area contributed by atoms with Crippen LogP contribution in [0.2, 0.25) is 0 Å². The third-order valence-electron chi connectivity index (χ3n) is 3.63. The van der Waals surface area contributed by atoms with Crippen LogP contribution in [0.4, 0.5) is 4.79 Å². The number of nitrogens with two attached hydrogens (primary N) is 3. The number of carbonyl (C=O) groups is 2. The van der Waals surface area contributed by atoms with Gasteiger partial charge >= 0.3 is 6.09 Å². The summed E-state index contributed by atoms with van der Waals surface area (Å²) in [7, 11) is 0. The first-order chi connectivity index (χ1) is 13.1. The molecule has 0 aromatic heterocycles. The Morgan fingerprint density at radius 3 is 2.30 bits per heavy atom. The predicted molar refractivity (Wildman–Crippen MR) is 107 cm³/mol. The Bertz CT molecular complexity index is 415. The molecular weight excluding hydrogens is 350 g/mol. The van der Waals surface area contributed by atoms with Gasteiger partial charge in [0.15, 0.2) is 5.96 Å². The van der Waals surface area contributed by atoms with E-state index in [1.807, 2.05) is 0 Å². The quantitative estimate of drug-likeness (QED) is 0.110. The van der Waals surface area contributed by atoms with E-state index in [1.54, 1.807) is 0 Å². The summed E-state index contributed by atoms with van der Waals surface area (Å²) in [5.74, 6) is -0.111. The lowest BCUT2D eigenvalue weighted by molar-refractivity contribution is -0.120. The maximum absolute atomic E-state index is 11.6. The van der Waals surface area contributed by atoms with Crippen molar-refractivity contribution in [3.63, 3.8) is 0 Å². The molecule has 10 nitrogen and oxygen atoms in total. The molecule has 0 saturated heterocycles. The van der Waals surface area contributed by atoms with Crippen molar-refractivity contribution < 1.29 is 14.3 Å². The van der Waals surface area contributed by atoms with Crippen LogP contribution in [0.3, 0.4) is 0 Å². The van der Waals surface area contributed by atoms with E-state index in [1.165, 1.54) is 0 Å². The van der Waals surface area contributed by atoms with Crippen molar-refractivity contribution in [1.82, 2.24) is 16.0 Å². The fourth-order valence-corrected chi connectivity index (χ4v) is 2.16. The SMILES string of the molecule is NCCCNCCCCOC(=O)NCC(=O)NCCCCCCN=C(N)N. The Morgan fingerprint density at radius 1 is 0.852 bits per heavy atom. The number of guanidine groups is 1. The van der Waals surface area contributed by atoms with Gasteiger partial charge in [-0.2, -0.15) is 0 Å². The highest BCUT2D eigenvalue weighted by Crippen LogP contribution is 1.98. The molecule has 158 valence electrons. The summed E-state index contributed by atoms with van der Waals surface area (Å²) < 4.78 is 5.01. The third kappa shape index (κ3) is 20.1. The molecule has 9 N–H and O–H groups in total. The first kappa shape index (κ1) is 24.9. The zero-order valence-electron chi connectivity index (χ0n) is 16.3. The second-order valence-corrected chi connectivity index (χ2v) is 6.16. The Labute approximate surface area is 162 Å². The average Bonchev–Trinajstić information content (AvgIpc) is 2.64. The molecule has 0 heterocycles. The van der Waals surface area contributed by atoms with Crippen LogP contribution in [0.15, 0.2) is 4.99 Å². The maximum Gasteiger partial charge on any atom is 0.407 e. The van der Waals surface area contributed by atoms with Crippen LogP contribution < -0.4 is 33.2 Å². The Hall–Kier alpha value is -2.07. The fraction of sp³-hybridized carbons (Fsp3) is 0.824. The number of nitrogens with one attached hydrogen (secondary N) is 3. The molecule has 0 aliphatic carbocycles. The molecule has 0 aromatic carbocycles. The Balaban J connectivity index is 3.38. The molecule has 10 heteroatoms. The molecule has 0 saturated carbocycles. The van der Waals surface area contributed by atoms with Crippen LogP contribution in [-0.2, 0) is 9.53 Å². The highest BCUT2D eigenvalue weighted by atomic mass is 16.5. The van der Waals surface area contributed by atoms with Gasteiger partial charge in [0.05, 0.1) is 13.2 Å². The number of alkyl carbamates (subject to hydrolysis) is 1. The van der Waals surface area contributed by atoms with E-state index in [0.717, 1.165) is 58.0 Å². The summed E-state index contributed by atoms with van der Waals surface area (Å²) >= 11 is 0. The van der Waals surface area contributed by atoms with E-state index in [2.05, 4.69) is 20.9 Å². The van der Waals surface area contributed by atoms with Crippen molar-refractivity contribution >= 4 is 18.0 Å². The highest BCUT2D eigenvalue weighted by Gasteiger charge is 2.05. The fourth-order valence-electron chi connectivity index (χ4n) is 2.16. The molecule has 0 atom stereocenters. The second-order valence-electron chi connectivity index (χ2n) is 6.16. The van der Waals surface area contributed by atoms with Gasteiger partial charge in [-0.3, -0.25) is 9.79 Å². The number of hydrogen-bond acceptors (Lipinski definition) is 6. The number of ether oxygens (including phenoxy) is 1. The molecule has 0 unspecified atom stereocenters. The summed E-state index contributed by atoms with van der Waals surface area (Å²) in [6, 6.07) is 0. The lowest BCUT2D eigenvalue weighted by atomic mass is 10.2. The van der Waals surface area contributed by atoms with E-state index in [9.17, 15) is 9.59 Å². The van der Waals surface area contributed by atoms with Gasteiger partial charge in [0.1, 0.15) is 0 Å². The molecule has 27 heavy (non-hydrogen) atoms. The molecule has 0 fully saturated rings. The molecular formula is C17H37N7O3. The van der Waals surface area contributed by atoms with Crippen LogP contribution in [0.25, 0.3) is 0 Å². The smallest absolute Gasteiger partial charge is 0.407 e. The summed E-state index contributed by atoms with van der Waals surface area (Å²) in [6.45, 7) is 3.94. The number of amides is 2. The average molecular weight is 388 g/mol. The van der Waals surface area contributed by atoms with Gasteiger partial charge in [0, 0.05) is 13.1 Å². The normalized spacial score (nSPS) is 10.3. The van der Waals surface area contributed by atoms with Crippen molar-refractivity contribution in [1.29, 1.82) is 0 Å². The first-order valence-corrected chi connectivity index (χ1v) is 9.69. The minimum Gasteiger partial charge on any atom is -0.450 e. The van der Waals surface area contributed by atoms with Crippen molar-refractivity contribution in [3.05, 3.63) is 0 Å². The standard InChI is InChI=1S/C17H37N7O3/c18-8-7-10-21-9-5-6-13-27-17(26)24-14-15(25)22-11-3-1-2-4-12-23-16(19)20/h21H,1-14,18H2,(H,22,25)(H,24,26)(H4,19,20,23). The van der Waals surface area contributed by atoms with E-state index in [4.69, 9.17) is 21.9 Å². The van der Waals surface area contributed by atoms with Crippen LogP contribution in [-0.4, -0.2) is 63.8 Å². The van der Waals surface area contributed by atoms with Crippen molar-refractivity contribution in [2.45, 2.75) is 44.9 Å². The van der Waals surface area contributed by atoms with Gasteiger partial charge in [-0.25, -0.2) is 4.79 Å². The molecule has 0 aliphatic heterocycles. The topological polar surface area (TPSA) is 170 Å². The van der Waals surface area contributed by atoms with Crippen LogP contribution in [0.1, 0.15) is 44.9 Å². The number of rotatable bonds is 17. The maximum atomic E-state index is 11.6. The predicted octanol–water partition coefficient (Wildman–Crippen LogP) is -0.619.